The summed E-state index contributed by atoms with van der Waals surface area (Å²) < 4.78 is 14.6. The standard InChI is InChI=1S/C24H24FN5O3S/c25-19-6-5-15(12-20-16-3-1-2-4-17(16)22(31)28-27-20)11-18(19)23(32)29-7-9-30(10-8-29)24(33)21-13-34-14-26-21/h5-6,11,13-14H,1-4,7-10,12H2,(H,28,31). The number of benzene rings is 1. The van der Waals surface area contributed by atoms with Gasteiger partial charge in [0.15, 0.2) is 0 Å². The van der Waals surface area contributed by atoms with Crippen LogP contribution in [-0.2, 0) is 19.3 Å². The number of carbonyl (C=O) groups is 2. The first-order chi connectivity index (χ1) is 16.5. The van der Waals surface area contributed by atoms with Crippen LogP contribution >= 0.6 is 11.3 Å². The first-order valence-electron chi connectivity index (χ1n) is 11.4. The normalized spacial score (nSPS) is 15.8. The average Bonchev–Trinajstić information content (AvgIpc) is 3.41. The number of nitrogens with one attached hydrogen (secondary N) is 1. The van der Waals surface area contributed by atoms with E-state index in [1.165, 1.54) is 17.4 Å². The van der Waals surface area contributed by atoms with Crippen molar-refractivity contribution >= 4 is 23.2 Å². The number of piperazine rings is 1. The third-order valence-electron chi connectivity index (χ3n) is 6.52. The van der Waals surface area contributed by atoms with E-state index in [4.69, 9.17) is 0 Å². The van der Waals surface area contributed by atoms with Crippen LogP contribution in [0.25, 0.3) is 0 Å². The van der Waals surface area contributed by atoms with Crippen molar-refractivity contribution in [2.24, 2.45) is 0 Å². The Morgan fingerprint density at radius 1 is 1.03 bits per heavy atom. The smallest absolute Gasteiger partial charge is 0.273 e. The molecule has 2 amide bonds. The van der Waals surface area contributed by atoms with Gasteiger partial charge in [0.2, 0.25) is 0 Å². The zero-order valence-corrected chi connectivity index (χ0v) is 19.4. The van der Waals surface area contributed by atoms with E-state index in [0.29, 0.717) is 38.3 Å². The Morgan fingerprint density at radius 3 is 2.44 bits per heavy atom. The number of fused-ring (bicyclic) bond motifs is 1. The topological polar surface area (TPSA) is 99.3 Å². The minimum Gasteiger partial charge on any atom is -0.335 e. The van der Waals surface area contributed by atoms with E-state index in [9.17, 15) is 18.8 Å². The van der Waals surface area contributed by atoms with Crippen molar-refractivity contribution < 1.29 is 14.0 Å². The summed E-state index contributed by atoms with van der Waals surface area (Å²) in [6.07, 6.45) is 3.95. The molecule has 3 heterocycles. The van der Waals surface area contributed by atoms with E-state index in [0.717, 1.165) is 48.1 Å². The summed E-state index contributed by atoms with van der Waals surface area (Å²) in [6, 6.07) is 4.54. The molecule has 1 saturated heterocycles. The number of thiazole rings is 1. The molecule has 0 radical (unpaired) electrons. The predicted octanol–water partition coefficient (Wildman–Crippen LogP) is 2.43. The number of hydrogen-bond acceptors (Lipinski definition) is 6. The highest BCUT2D eigenvalue weighted by Gasteiger charge is 2.28. The number of rotatable bonds is 4. The highest BCUT2D eigenvalue weighted by atomic mass is 32.1. The van der Waals surface area contributed by atoms with Crippen molar-refractivity contribution in [3.63, 3.8) is 0 Å². The lowest BCUT2D eigenvalue weighted by molar-refractivity contribution is 0.0530. The van der Waals surface area contributed by atoms with Crippen LogP contribution in [-0.4, -0.2) is 63.0 Å². The maximum absolute atomic E-state index is 14.6. The van der Waals surface area contributed by atoms with E-state index in [1.807, 2.05) is 0 Å². The van der Waals surface area contributed by atoms with Crippen LogP contribution in [0, 0.1) is 5.82 Å². The van der Waals surface area contributed by atoms with Gasteiger partial charge in [0.05, 0.1) is 16.8 Å². The first-order valence-corrected chi connectivity index (χ1v) is 12.3. The number of amides is 2. The SMILES string of the molecule is O=C(c1cscn1)N1CCN(C(=O)c2cc(Cc3n[nH]c(=O)c4c3CCCC4)ccc2F)CC1. The van der Waals surface area contributed by atoms with Gasteiger partial charge >= 0.3 is 0 Å². The van der Waals surface area contributed by atoms with Crippen molar-refractivity contribution in [1.82, 2.24) is 25.0 Å². The van der Waals surface area contributed by atoms with E-state index < -0.39 is 11.7 Å². The molecule has 8 nitrogen and oxygen atoms in total. The minimum absolute atomic E-state index is 0.00932. The number of nitrogens with zero attached hydrogens (tertiary/aromatic N) is 4. The summed E-state index contributed by atoms with van der Waals surface area (Å²) in [5.41, 5.74) is 5.19. The second kappa shape index (κ2) is 9.46. The van der Waals surface area contributed by atoms with Crippen LogP contribution in [0.4, 0.5) is 4.39 Å². The lowest BCUT2D eigenvalue weighted by Gasteiger charge is -2.34. The van der Waals surface area contributed by atoms with E-state index in [2.05, 4.69) is 15.2 Å². The number of halogens is 1. The molecule has 10 heteroatoms. The lowest BCUT2D eigenvalue weighted by atomic mass is 9.90. The predicted molar refractivity (Wildman–Crippen MR) is 125 cm³/mol. The molecule has 0 spiro atoms. The number of aromatic amines is 1. The second-order valence-corrected chi connectivity index (χ2v) is 9.33. The molecule has 5 rings (SSSR count). The number of H-pyrrole nitrogens is 1. The zero-order chi connectivity index (χ0) is 23.7. The summed E-state index contributed by atoms with van der Waals surface area (Å²) in [5.74, 6) is -1.12. The van der Waals surface area contributed by atoms with Gasteiger partial charge in [0, 0.05) is 43.5 Å². The first kappa shape index (κ1) is 22.4. The van der Waals surface area contributed by atoms with Crippen LogP contribution in [0.3, 0.4) is 0 Å². The Kier molecular flexibility index (Phi) is 6.23. The Balaban J connectivity index is 1.30. The fourth-order valence-corrected chi connectivity index (χ4v) is 5.20. The molecule has 1 aromatic carbocycles. The largest absolute Gasteiger partial charge is 0.335 e. The Morgan fingerprint density at radius 2 is 1.74 bits per heavy atom. The summed E-state index contributed by atoms with van der Waals surface area (Å²) in [6.45, 7) is 1.40. The Bertz CT molecular complexity index is 1280. The van der Waals surface area contributed by atoms with Gasteiger partial charge in [-0.15, -0.1) is 11.3 Å². The van der Waals surface area contributed by atoms with Gasteiger partial charge in [0.1, 0.15) is 11.5 Å². The second-order valence-electron chi connectivity index (χ2n) is 8.61. The molecule has 1 aliphatic carbocycles. The molecule has 1 N–H and O–H groups in total. The summed E-state index contributed by atoms with van der Waals surface area (Å²) in [5, 5.41) is 8.54. The molecule has 176 valence electrons. The molecule has 34 heavy (non-hydrogen) atoms. The molecule has 0 bridgehead atoms. The maximum Gasteiger partial charge on any atom is 0.273 e. The van der Waals surface area contributed by atoms with Crippen LogP contribution < -0.4 is 5.56 Å². The Hall–Kier alpha value is -3.40. The molecule has 2 aromatic heterocycles. The summed E-state index contributed by atoms with van der Waals surface area (Å²) in [7, 11) is 0. The van der Waals surface area contributed by atoms with Crippen LogP contribution in [0.2, 0.25) is 0 Å². The van der Waals surface area contributed by atoms with E-state index in [-0.39, 0.29) is 17.0 Å². The van der Waals surface area contributed by atoms with Crippen LogP contribution in [0.15, 0.2) is 33.9 Å². The number of aromatic nitrogens is 3. The van der Waals surface area contributed by atoms with Crippen LogP contribution in [0.5, 0.6) is 0 Å². The molecule has 2 aliphatic rings. The molecule has 0 unspecified atom stereocenters. The van der Waals surface area contributed by atoms with Crippen molar-refractivity contribution in [2.75, 3.05) is 26.2 Å². The molecule has 1 aliphatic heterocycles. The minimum atomic E-state index is -0.578. The average molecular weight is 482 g/mol. The highest BCUT2D eigenvalue weighted by Crippen LogP contribution is 2.23. The van der Waals surface area contributed by atoms with E-state index >= 15 is 0 Å². The molecule has 0 saturated carbocycles. The summed E-state index contributed by atoms with van der Waals surface area (Å²) >= 11 is 1.36. The maximum atomic E-state index is 14.6. The fourth-order valence-electron chi connectivity index (χ4n) is 4.68. The molecule has 0 atom stereocenters. The van der Waals surface area contributed by atoms with Gasteiger partial charge in [-0.05, 0) is 48.9 Å². The molecular weight excluding hydrogens is 457 g/mol. The van der Waals surface area contributed by atoms with Gasteiger partial charge in [-0.3, -0.25) is 14.4 Å². The molecule has 1 fully saturated rings. The van der Waals surface area contributed by atoms with Crippen molar-refractivity contribution in [3.8, 4) is 0 Å². The Labute approximate surface area is 199 Å². The van der Waals surface area contributed by atoms with Crippen molar-refractivity contribution in [1.29, 1.82) is 0 Å². The van der Waals surface area contributed by atoms with Gasteiger partial charge in [-0.2, -0.15) is 5.10 Å². The number of carbonyl (C=O) groups excluding carboxylic acids is 2. The fraction of sp³-hybridized carbons (Fsp3) is 0.375. The summed E-state index contributed by atoms with van der Waals surface area (Å²) in [4.78, 5) is 45.0. The lowest BCUT2D eigenvalue weighted by Crippen LogP contribution is -2.50. The van der Waals surface area contributed by atoms with Gasteiger partial charge in [-0.25, -0.2) is 14.5 Å². The third kappa shape index (κ3) is 4.37. The molecule has 3 aromatic rings. The van der Waals surface area contributed by atoms with Crippen LogP contribution in [0.1, 0.15) is 56.1 Å². The molecular formula is C24H24FN5O3S. The highest BCUT2D eigenvalue weighted by molar-refractivity contribution is 7.07. The van der Waals surface area contributed by atoms with Crippen molar-refractivity contribution in [2.45, 2.75) is 32.1 Å². The van der Waals surface area contributed by atoms with Gasteiger partial charge < -0.3 is 9.80 Å². The van der Waals surface area contributed by atoms with E-state index in [1.54, 1.807) is 32.8 Å². The number of hydrogen-bond donors (Lipinski definition) is 1. The third-order valence-corrected chi connectivity index (χ3v) is 7.11. The zero-order valence-electron chi connectivity index (χ0n) is 18.6. The monoisotopic (exact) mass is 481 g/mol. The van der Waals surface area contributed by atoms with Crippen molar-refractivity contribution in [3.05, 3.63) is 78.9 Å². The quantitative estimate of drug-likeness (QED) is 0.617. The van der Waals surface area contributed by atoms with Gasteiger partial charge in [0.25, 0.3) is 17.4 Å². The van der Waals surface area contributed by atoms with Gasteiger partial charge in [-0.1, -0.05) is 6.07 Å².